The standard InChI is InChI=1S/C8H8F3NO2/c9-8(10,11)13-6-3-5(4-6)7-1-2-12-14-7/h1-2,5-6H,3-4H2. The van der Waals surface area contributed by atoms with Crippen molar-refractivity contribution in [2.24, 2.45) is 0 Å². The van der Waals surface area contributed by atoms with Crippen LogP contribution in [0.1, 0.15) is 24.5 Å². The van der Waals surface area contributed by atoms with Crippen molar-refractivity contribution in [2.45, 2.75) is 31.2 Å². The van der Waals surface area contributed by atoms with Crippen LogP contribution in [-0.4, -0.2) is 17.6 Å². The molecule has 1 aromatic heterocycles. The van der Waals surface area contributed by atoms with Crippen LogP contribution in [0, 0.1) is 0 Å². The molecule has 0 bridgehead atoms. The van der Waals surface area contributed by atoms with Gasteiger partial charge in [0.25, 0.3) is 0 Å². The van der Waals surface area contributed by atoms with E-state index in [0.29, 0.717) is 18.6 Å². The number of rotatable bonds is 2. The molecule has 14 heavy (non-hydrogen) atoms. The number of aromatic nitrogens is 1. The second kappa shape index (κ2) is 3.27. The van der Waals surface area contributed by atoms with Gasteiger partial charge in [-0.25, -0.2) is 0 Å². The van der Waals surface area contributed by atoms with Crippen LogP contribution in [0.5, 0.6) is 0 Å². The molecule has 0 saturated heterocycles. The summed E-state index contributed by atoms with van der Waals surface area (Å²) in [6, 6.07) is 1.66. The quantitative estimate of drug-likeness (QED) is 0.747. The number of ether oxygens (including phenoxy) is 1. The summed E-state index contributed by atoms with van der Waals surface area (Å²) in [6.07, 6.45) is -3.10. The first-order valence-electron chi connectivity index (χ1n) is 4.20. The fourth-order valence-corrected chi connectivity index (χ4v) is 1.52. The van der Waals surface area contributed by atoms with Crippen molar-refractivity contribution >= 4 is 0 Å². The third kappa shape index (κ3) is 2.06. The van der Waals surface area contributed by atoms with E-state index >= 15 is 0 Å². The van der Waals surface area contributed by atoms with E-state index in [9.17, 15) is 13.2 Å². The van der Waals surface area contributed by atoms with Gasteiger partial charge in [0.05, 0.1) is 12.3 Å². The number of nitrogens with zero attached hydrogens (tertiary/aromatic N) is 1. The fraction of sp³-hybridized carbons (Fsp3) is 0.625. The van der Waals surface area contributed by atoms with Gasteiger partial charge in [0, 0.05) is 12.0 Å². The number of hydrogen-bond acceptors (Lipinski definition) is 3. The van der Waals surface area contributed by atoms with E-state index in [0.717, 1.165) is 0 Å². The van der Waals surface area contributed by atoms with Crippen molar-refractivity contribution in [1.82, 2.24) is 5.16 Å². The summed E-state index contributed by atoms with van der Waals surface area (Å²) in [4.78, 5) is 0. The summed E-state index contributed by atoms with van der Waals surface area (Å²) in [6.45, 7) is 0. The van der Waals surface area contributed by atoms with Crippen molar-refractivity contribution in [1.29, 1.82) is 0 Å². The molecule has 6 heteroatoms. The van der Waals surface area contributed by atoms with Crippen LogP contribution in [0.25, 0.3) is 0 Å². The van der Waals surface area contributed by atoms with E-state index in [-0.39, 0.29) is 5.92 Å². The van der Waals surface area contributed by atoms with Crippen molar-refractivity contribution in [3.8, 4) is 0 Å². The minimum atomic E-state index is -4.53. The Hall–Kier alpha value is -1.04. The first-order chi connectivity index (χ1) is 6.54. The van der Waals surface area contributed by atoms with E-state index in [2.05, 4.69) is 9.89 Å². The van der Waals surface area contributed by atoms with Crippen LogP contribution in [0.4, 0.5) is 13.2 Å². The topological polar surface area (TPSA) is 35.3 Å². The first-order valence-corrected chi connectivity index (χ1v) is 4.20. The van der Waals surface area contributed by atoms with E-state index < -0.39 is 12.5 Å². The molecule has 1 aliphatic carbocycles. The third-order valence-corrected chi connectivity index (χ3v) is 2.26. The molecule has 0 unspecified atom stereocenters. The lowest BCUT2D eigenvalue weighted by atomic mass is 9.80. The maximum Gasteiger partial charge on any atom is 0.522 e. The molecule has 0 N–H and O–H groups in total. The molecule has 78 valence electrons. The van der Waals surface area contributed by atoms with E-state index in [1.807, 2.05) is 0 Å². The Morgan fingerprint density at radius 2 is 2.14 bits per heavy atom. The Balaban J connectivity index is 1.80. The van der Waals surface area contributed by atoms with Crippen LogP contribution >= 0.6 is 0 Å². The van der Waals surface area contributed by atoms with Gasteiger partial charge < -0.3 is 4.52 Å². The lowest BCUT2D eigenvalue weighted by molar-refractivity contribution is -0.352. The van der Waals surface area contributed by atoms with E-state index in [1.54, 1.807) is 6.07 Å². The zero-order chi connectivity index (χ0) is 10.2. The maximum atomic E-state index is 11.7. The number of hydrogen-bond donors (Lipinski definition) is 0. The molecule has 0 radical (unpaired) electrons. The minimum absolute atomic E-state index is 0.0184. The van der Waals surface area contributed by atoms with Crippen molar-refractivity contribution in [3.05, 3.63) is 18.0 Å². The van der Waals surface area contributed by atoms with Crippen molar-refractivity contribution < 1.29 is 22.4 Å². The van der Waals surface area contributed by atoms with Gasteiger partial charge in [0.15, 0.2) is 0 Å². The summed E-state index contributed by atoms with van der Waals surface area (Å²) in [5.74, 6) is 0.650. The summed E-state index contributed by atoms with van der Waals surface area (Å²) in [5.41, 5.74) is 0. The van der Waals surface area contributed by atoms with Gasteiger partial charge in [-0.3, -0.25) is 4.74 Å². The molecule has 0 atom stereocenters. The van der Waals surface area contributed by atoms with Crippen LogP contribution in [0.2, 0.25) is 0 Å². The molecule has 0 aliphatic heterocycles. The molecule has 1 fully saturated rings. The van der Waals surface area contributed by atoms with Gasteiger partial charge in [-0.1, -0.05) is 5.16 Å². The smallest absolute Gasteiger partial charge is 0.361 e. The van der Waals surface area contributed by atoms with Gasteiger partial charge in [-0.05, 0) is 12.8 Å². The van der Waals surface area contributed by atoms with Gasteiger partial charge >= 0.3 is 6.36 Å². The van der Waals surface area contributed by atoms with Crippen LogP contribution in [-0.2, 0) is 4.74 Å². The molecule has 1 aliphatic rings. The maximum absolute atomic E-state index is 11.7. The number of halogens is 3. The highest BCUT2D eigenvalue weighted by molar-refractivity contribution is 5.07. The summed E-state index contributed by atoms with van der Waals surface area (Å²) < 4.78 is 43.9. The molecule has 1 aromatic rings. The molecular weight excluding hydrogens is 199 g/mol. The second-order valence-corrected chi connectivity index (χ2v) is 3.27. The van der Waals surface area contributed by atoms with Gasteiger partial charge in [0.1, 0.15) is 5.76 Å². The highest BCUT2D eigenvalue weighted by atomic mass is 19.4. The minimum Gasteiger partial charge on any atom is -0.361 e. The first kappa shape index (κ1) is 9.51. The van der Waals surface area contributed by atoms with E-state index in [1.165, 1.54) is 6.20 Å². The molecule has 3 nitrogen and oxygen atoms in total. The lowest BCUT2D eigenvalue weighted by Gasteiger charge is -2.33. The molecule has 1 saturated carbocycles. The highest BCUT2D eigenvalue weighted by Gasteiger charge is 2.41. The number of alkyl halides is 3. The van der Waals surface area contributed by atoms with Crippen LogP contribution in [0.3, 0.4) is 0 Å². The SMILES string of the molecule is FC(F)(F)OC1CC(c2ccno2)C1. The normalized spacial score (nSPS) is 27.4. The Morgan fingerprint density at radius 1 is 1.43 bits per heavy atom. The second-order valence-electron chi connectivity index (χ2n) is 3.27. The molecular formula is C8H8F3NO2. The van der Waals surface area contributed by atoms with Gasteiger partial charge in [0.2, 0.25) is 0 Å². The average Bonchev–Trinajstić information content (AvgIpc) is 2.45. The molecule has 0 aromatic carbocycles. The molecule has 0 amide bonds. The molecule has 1 heterocycles. The average molecular weight is 207 g/mol. The Kier molecular flexibility index (Phi) is 2.22. The Morgan fingerprint density at radius 3 is 2.64 bits per heavy atom. The zero-order valence-electron chi connectivity index (χ0n) is 7.12. The fourth-order valence-electron chi connectivity index (χ4n) is 1.52. The zero-order valence-corrected chi connectivity index (χ0v) is 7.12. The lowest BCUT2D eigenvalue weighted by Crippen LogP contribution is -2.34. The van der Waals surface area contributed by atoms with Gasteiger partial charge in [-0.2, -0.15) is 0 Å². The Labute approximate surface area is 77.8 Å². The predicted octanol–water partition coefficient (Wildman–Crippen LogP) is 2.46. The van der Waals surface area contributed by atoms with Gasteiger partial charge in [-0.15, -0.1) is 13.2 Å². The predicted molar refractivity (Wildman–Crippen MR) is 39.4 cm³/mol. The largest absolute Gasteiger partial charge is 0.522 e. The summed E-state index contributed by atoms with van der Waals surface area (Å²) in [7, 11) is 0. The van der Waals surface area contributed by atoms with Crippen LogP contribution in [0.15, 0.2) is 16.8 Å². The summed E-state index contributed by atoms with van der Waals surface area (Å²) in [5, 5.41) is 3.49. The third-order valence-electron chi connectivity index (χ3n) is 2.26. The summed E-state index contributed by atoms with van der Waals surface area (Å²) >= 11 is 0. The monoisotopic (exact) mass is 207 g/mol. The molecule has 0 spiro atoms. The highest BCUT2D eigenvalue weighted by Crippen LogP contribution is 2.40. The Bertz CT molecular complexity index is 290. The molecule has 2 rings (SSSR count). The van der Waals surface area contributed by atoms with E-state index in [4.69, 9.17) is 4.52 Å². The van der Waals surface area contributed by atoms with Crippen molar-refractivity contribution in [3.63, 3.8) is 0 Å². The van der Waals surface area contributed by atoms with Crippen LogP contribution < -0.4 is 0 Å². The van der Waals surface area contributed by atoms with Crippen molar-refractivity contribution in [2.75, 3.05) is 0 Å².